The van der Waals surface area contributed by atoms with Crippen LogP contribution < -0.4 is 10.6 Å². The average molecular weight is 252 g/mol. The van der Waals surface area contributed by atoms with Crippen LogP contribution in [0.4, 0.5) is 0 Å². The maximum Gasteiger partial charge on any atom is 0.237 e. The highest BCUT2D eigenvalue weighted by Gasteiger charge is 2.22. The topological polar surface area (TPSA) is 41.1 Å². The molecule has 0 aromatic carbocycles. The molecule has 1 amide bonds. The van der Waals surface area contributed by atoms with Crippen molar-refractivity contribution in [2.45, 2.75) is 64.5 Å². The Hall–Kier alpha value is -0.830. The number of nitrogens with one attached hydrogen (secondary N) is 2. The molecule has 0 aliphatic heterocycles. The number of amides is 1. The van der Waals surface area contributed by atoms with Gasteiger partial charge in [0.25, 0.3) is 0 Å². The first-order valence-electron chi connectivity index (χ1n) is 7.29. The minimum atomic E-state index is -0.122. The highest BCUT2D eigenvalue weighted by Crippen LogP contribution is 2.25. The van der Waals surface area contributed by atoms with E-state index < -0.39 is 0 Å². The third kappa shape index (κ3) is 5.21. The van der Waals surface area contributed by atoms with Crippen LogP contribution in [0, 0.1) is 5.92 Å². The molecule has 1 unspecified atom stereocenters. The summed E-state index contributed by atoms with van der Waals surface area (Å²) in [6.07, 6.45) is 9.74. The second-order valence-corrected chi connectivity index (χ2v) is 5.46. The lowest BCUT2D eigenvalue weighted by Gasteiger charge is -2.26. The minimum absolute atomic E-state index is 0.0652. The fraction of sp³-hybridized carbons (Fsp3) is 0.800. The Labute approximate surface area is 111 Å². The molecule has 0 aromatic rings. The highest BCUT2D eigenvalue weighted by atomic mass is 16.2. The van der Waals surface area contributed by atoms with Gasteiger partial charge in [0, 0.05) is 12.6 Å². The van der Waals surface area contributed by atoms with E-state index in [-0.39, 0.29) is 11.9 Å². The molecule has 1 aliphatic rings. The molecule has 2 N–H and O–H groups in total. The van der Waals surface area contributed by atoms with Crippen molar-refractivity contribution in [3.63, 3.8) is 0 Å². The van der Waals surface area contributed by atoms with Gasteiger partial charge in [0.2, 0.25) is 5.91 Å². The third-order valence-corrected chi connectivity index (χ3v) is 3.93. The Balaban J connectivity index is 2.34. The van der Waals surface area contributed by atoms with Gasteiger partial charge in [0.1, 0.15) is 0 Å². The molecule has 104 valence electrons. The molecule has 1 saturated carbocycles. The molecular formula is C15H28N2O. The highest BCUT2D eigenvalue weighted by molar-refractivity contribution is 5.81. The van der Waals surface area contributed by atoms with E-state index in [1.807, 2.05) is 6.92 Å². The van der Waals surface area contributed by atoms with E-state index in [2.05, 4.69) is 24.1 Å². The number of rotatable bonds is 6. The first-order valence-corrected chi connectivity index (χ1v) is 7.29. The molecule has 1 fully saturated rings. The summed E-state index contributed by atoms with van der Waals surface area (Å²) in [5.74, 6) is 0.789. The van der Waals surface area contributed by atoms with E-state index >= 15 is 0 Å². The molecule has 18 heavy (non-hydrogen) atoms. The molecule has 1 rings (SSSR count). The first-order chi connectivity index (χ1) is 8.65. The van der Waals surface area contributed by atoms with Crippen LogP contribution in [0.5, 0.6) is 0 Å². The predicted molar refractivity (Wildman–Crippen MR) is 76.5 cm³/mol. The molecular weight excluding hydrogens is 224 g/mol. The smallest absolute Gasteiger partial charge is 0.237 e. The van der Waals surface area contributed by atoms with Gasteiger partial charge in [-0.25, -0.2) is 0 Å². The van der Waals surface area contributed by atoms with Crippen LogP contribution in [-0.2, 0) is 4.79 Å². The summed E-state index contributed by atoms with van der Waals surface area (Å²) in [4.78, 5) is 11.8. The van der Waals surface area contributed by atoms with Gasteiger partial charge >= 0.3 is 0 Å². The zero-order valence-corrected chi connectivity index (χ0v) is 11.9. The van der Waals surface area contributed by atoms with E-state index in [1.165, 1.54) is 38.5 Å². The number of hydrogen-bond acceptors (Lipinski definition) is 2. The molecule has 0 heterocycles. The molecule has 0 radical (unpaired) electrons. The maximum atomic E-state index is 11.8. The van der Waals surface area contributed by atoms with Crippen molar-refractivity contribution in [2.24, 2.45) is 5.92 Å². The summed E-state index contributed by atoms with van der Waals surface area (Å²) < 4.78 is 0. The zero-order chi connectivity index (χ0) is 13.4. The standard InChI is InChI=1S/C15H28N2O/c1-4-11-16-15(18)13(3)17-12(2)14-9-7-5-6-8-10-14/h4,12-14,17H,1,5-11H2,2-3H3,(H,16,18)/t12-,13?/m0/s1. The normalized spacial score (nSPS) is 20.8. The van der Waals surface area contributed by atoms with Crippen molar-refractivity contribution in [3.05, 3.63) is 12.7 Å². The van der Waals surface area contributed by atoms with Crippen LogP contribution in [0.2, 0.25) is 0 Å². The van der Waals surface area contributed by atoms with Gasteiger partial charge in [0.05, 0.1) is 6.04 Å². The molecule has 1 aliphatic carbocycles. The third-order valence-electron chi connectivity index (χ3n) is 3.93. The van der Waals surface area contributed by atoms with Crippen molar-refractivity contribution < 1.29 is 4.79 Å². The Bertz CT molecular complexity index is 257. The van der Waals surface area contributed by atoms with Crippen LogP contribution in [-0.4, -0.2) is 24.5 Å². The van der Waals surface area contributed by atoms with Gasteiger partial charge in [0.15, 0.2) is 0 Å². The second kappa shape index (κ2) is 8.30. The van der Waals surface area contributed by atoms with Crippen LogP contribution in [0.3, 0.4) is 0 Å². The Morgan fingerprint density at radius 2 is 1.89 bits per heavy atom. The monoisotopic (exact) mass is 252 g/mol. The summed E-state index contributed by atoms with van der Waals surface area (Å²) in [7, 11) is 0. The second-order valence-electron chi connectivity index (χ2n) is 5.46. The fourth-order valence-electron chi connectivity index (χ4n) is 2.74. The van der Waals surface area contributed by atoms with E-state index in [4.69, 9.17) is 0 Å². The number of carbonyl (C=O) groups is 1. The zero-order valence-electron chi connectivity index (χ0n) is 11.9. The van der Waals surface area contributed by atoms with Gasteiger partial charge in [-0.15, -0.1) is 6.58 Å². The summed E-state index contributed by atoms with van der Waals surface area (Å²) >= 11 is 0. The van der Waals surface area contributed by atoms with E-state index in [9.17, 15) is 4.79 Å². The van der Waals surface area contributed by atoms with Crippen molar-refractivity contribution >= 4 is 5.91 Å². The van der Waals surface area contributed by atoms with Crippen molar-refractivity contribution in [2.75, 3.05) is 6.54 Å². The average Bonchev–Trinajstić information content (AvgIpc) is 2.64. The summed E-state index contributed by atoms with van der Waals surface area (Å²) in [5, 5.41) is 6.27. The van der Waals surface area contributed by atoms with Crippen LogP contribution in [0.15, 0.2) is 12.7 Å². The van der Waals surface area contributed by atoms with Crippen LogP contribution in [0.1, 0.15) is 52.4 Å². The van der Waals surface area contributed by atoms with E-state index in [0.29, 0.717) is 12.6 Å². The minimum Gasteiger partial charge on any atom is -0.351 e. The fourth-order valence-corrected chi connectivity index (χ4v) is 2.74. The predicted octanol–water partition coefficient (Wildman–Crippen LogP) is 2.63. The molecule has 0 saturated heterocycles. The van der Waals surface area contributed by atoms with Gasteiger partial charge in [-0.05, 0) is 32.6 Å². The van der Waals surface area contributed by atoms with Gasteiger partial charge in [-0.3, -0.25) is 4.79 Å². The van der Waals surface area contributed by atoms with Gasteiger partial charge in [-0.1, -0.05) is 31.8 Å². The number of carbonyl (C=O) groups excluding carboxylic acids is 1. The lowest BCUT2D eigenvalue weighted by Crippen LogP contribution is -2.47. The first kappa shape index (κ1) is 15.2. The van der Waals surface area contributed by atoms with E-state index in [1.54, 1.807) is 6.08 Å². The molecule has 3 heteroatoms. The van der Waals surface area contributed by atoms with Crippen molar-refractivity contribution in [3.8, 4) is 0 Å². The summed E-state index contributed by atoms with van der Waals surface area (Å²) in [5.41, 5.74) is 0. The van der Waals surface area contributed by atoms with Gasteiger partial charge in [-0.2, -0.15) is 0 Å². The quantitative estimate of drug-likeness (QED) is 0.563. The Morgan fingerprint density at radius 1 is 1.28 bits per heavy atom. The molecule has 0 spiro atoms. The van der Waals surface area contributed by atoms with Crippen LogP contribution >= 0.6 is 0 Å². The van der Waals surface area contributed by atoms with Crippen molar-refractivity contribution in [1.29, 1.82) is 0 Å². The summed E-state index contributed by atoms with van der Waals surface area (Å²) in [6.45, 7) is 8.30. The largest absolute Gasteiger partial charge is 0.351 e. The summed E-state index contributed by atoms with van der Waals surface area (Å²) in [6, 6.07) is 0.302. The lowest BCUT2D eigenvalue weighted by atomic mass is 9.92. The molecule has 0 aromatic heterocycles. The molecule has 2 atom stereocenters. The van der Waals surface area contributed by atoms with E-state index in [0.717, 1.165) is 5.92 Å². The lowest BCUT2D eigenvalue weighted by molar-refractivity contribution is -0.122. The molecule has 3 nitrogen and oxygen atoms in total. The van der Waals surface area contributed by atoms with Crippen LogP contribution in [0.25, 0.3) is 0 Å². The SMILES string of the molecule is C=CCNC(=O)C(C)N[C@@H](C)C1CCCCCC1. The Morgan fingerprint density at radius 3 is 2.44 bits per heavy atom. The Kier molecular flexibility index (Phi) is 7.02. The van der Waals surface area contributed by atoms with Crippen molar-refractivity contribution in [1.82, 2.24) is 10.6 Å². The number of hydrogen-bond donors (Lipinski definition) is 2. The maximum absolute atomic E-state index is 11.8. The van der Waals surface area contributed by atoms with Gasteiger partial charge < -0.3 is 10.6 Å². The molecule has 0 bridgehead atoms.